The van der Waals surface area contributed by atoms with E-state index in [-0.39, 0.29) is 30.5 Å². The van der Waals surface area contributed by atoms with Crippen LogP contribution < -0.4 is 0 Å². The molecule has 0 unspecified atom stereocenters. The Morgan fingerprint density at radius 2 is 1.74 bits per heavy atom. The Kier molecular flexibility index (Phi) is 5.84. The first-order valence-electron chi connectivity index (χ1n) is 7.63. The first-order valence-corrected chi connectivity index (χ1v) is 7.63. The Bertz CT molecular complexity index is 667. The highest BCUT2D eigenvalue weighted by Gasteiger charge is 2.18. The highest BCUT2D eigenvalue weighted by molar-refractivity contribution is 5.77. The monoisotopic (exact) mass is 318 g/mol. The molecule has 0 saturated heterocycles. The molecule has 4 N–H and O–H groups in total. The van der Waals surface area contributed by atoms with Crippen molar-refractivity contribution in [3.8, 4) is 28.4 Å². The molecule has 0 heterocycles. The molecule has 0 aliphatic heterocycles. The molecule has 0 amide bonds. The molecule has 0 radical (unpaired) electrons. The number of hydrogen-bond donors (Lipinski definition) is 4. The summed E-state index contributed by atoms with van der Waals surface area (Å²) in [6.07, 6.45) is 1.09. The van der Waals surface area contributed by atoms with Gasteiger partial charge < -0.3 is 25.2 Å². The Labute approximate surface area is 135 Å². The van der Waals surface area contributed by atoms with E-state index in [0.717, 1.165) is 11.1 Å². The zero-order valence-electron chi connectivity index (χ0n) is 13.1. The third-order valence-electron chi connectivity index (χ3n) is 3.73. The third-order valence-corrected chi connectivity index (χ3v) is 3.73. The molecule has 5 nitrogen and oxygen atoms in total. The molecular formula is C18H22O5. The fourth-order valence-corrected chi connectivity index (χ4v) is 2.74. The lowest BCUT2D eigenvalue weighted by atomic mass is 9.90. The molecule has 0 fully saturated rings. The predicted octanol–water partition coefficient (Wildman–Crippen LogP) is 2.58. The van der Waals surface area contributed by atoms with E-state index in [1.807, 2.05) is 6.92 Å². The molecule has 0 bridgehead atoms. The Hall–Kier alpha value is -2.24. The highest BCUT2D eigenvalue weighted by atomic mass is 16.5. The second-order valence-corrected chi connectivity index (χ2v) is 5.24. The van der Waals surface area contributed by atoms with Gasteiger partial charge in [0.05, 0.1) is 19.8 Å². The molecule has 0 spiro atoms. The van der Waals surface area contributed by atoms with E-state index < -0.39 is 0 Å². The van der Waals surface area contributed by atoms with Gasteiger partial charge in [0.1, 0.15) is 17.2 Å². The van der Waals surface area contributed by atoms with Gasteiger partial charge in [-0.25, -0.2) is 0 Å². The van der Waals surface area contributed by atoms with Crippen molar-refractivity contribution < 1.29 is 25.2 Å². The second kappa shape index (κ2) is 7.85. The van der Waals surface area contributed by atoms with Crippen molar-refractivity contribution in [1.82, 2.24) is 0 Å². The van der Waals surface area contributed by atoms with Crippen LogP contribution >= 0.6 is 0 Å². The van der Waals surface area contributed by atoms with Crippen LogP contribution in [0.4, 0.5) is 0 Å². The van der Waals surface area contributed by atoms with Gasteiger partial charge in [0, 0.05) is 11.6 Å². The Morgan fingerprint density at radius 3 is 2.39 bits per heavy atom. The number of aliphatic hydroxyl groups is 1. The van der Waals surface area contributed by atoms with Crippen LogP contribution in [0.15, 0.2) is 30.3 Å². The third kappa shape index (κ3) is 3.94. The molecule has 2 aromatic rings. The molecular weight excluding hydrogens is 296 g/mol. The first kappa shape index (κ1) is 17.1. The van der Waals surface area contributed by atoms with Crippen LogP contribution in [-0.4, -0.2) is 40.2 Å². The number of rotatable bonds is 7. The fraction of sp³-hybridized carbons (Fsp3) is 0.333. The summed E-state index contributed by atoms with van der Waals surface area (Å²) >= 11 is 0. The number of phenols is 3. The van der Waals surface area contributed by atoms with Crippen molar-refractivity contribution >= 4 is 0 Å². The van der Waals surface area contributed by atoms with Gasteiger partial charge in [-0.2, -0.15) is 0 Å². The van der Waals surface area contributed by atoms with Gasteiger partial charge in [0.25, 0.3) is 0 Å². The minimum Gasteiger partial charge on any atom is -0.508 e. The number of ether oxygens (including phenoxy) is 1. The summed E-state index contributed by atoms with van der Waals surface area (Å²) in [7, 11) is 0. The van der Waals surface area contributed by atoms with Crippen molar-refractivity contribution in [3.63, 3.8) is 0 Å². The number of aliphatic hydroxyl groups excluding tert-OH is 1. The van der Waals surface area contributed by atoms with Crippen LogP contribution in [0, 0.1) is 0 Å². The van der Waals surface area contributed by atoms with Crippen molar-refractivity contribution in [2.45, 2.75) is 19.8 Å². The predicted molar refractivity (Wildman–Crippen MR) is 87.9 cm³/mol. The maximum Gasteiger partial charge on any atom is 0.127 e. The van der Waals surface area contributed by atoms with Gasteiger partial charge in [0.15, 0.2) is 0 Å². The van der Waals surface area contributed by atoms with Gasteiger partial charge in [0.2, 0.25) is 0 Å². The second-order valence-electron chi connectivity index (χ2n) is 5.24. The summed E-state index contributed by atoms with van der Waals surface area (Å²) in [6, 6.07) is 7.96. The van der Waals surface area contributed by atoms with Crippen LogP contribution in [0.2, 0.25) is 0 Å². The Morgan fingerprint density at radius 1 is 0.957 bits per heavy atom. The molecule has 0 atom stereocenters. The van der Waals surface area contributed by atoms with Crippen molar-refractivity contribution in [3.05, 3.63) is 41.5 Å². The lowest BCUT2D eigenvalue weighted by Crippen LogP contribution is -2.06. The summed E-state index contributed by atoms with van der Waals surface area (Å²) in [5.41, 5.74) is 2.79. The smallest absolute Gasteiger partial charge is 0.127 e. The summed E-state index contributed by atoms with van der Waals surface area (Å²) in [6.45, 7) is 2.48. The van der Waals surface area contributed by atoms with Crippen molar-refractivity contribution in [2.75, 3.05) is 19.8 Å². The van der Waals surface area contributed by atoms with Gasteiger partial charge in [-0.05, 0) is 41.7 Å². The molecule has 5 heteroatoms. The average molecular weight is 318 g/mol. The van der Waals surface area contributed by atoms with Crippen LogP contribution in [0.1, 0.15) is 18.1 Å². The first-order chi connectivity index (χ1) is 11.1. The van der Waals surface area contributed by atoms with E-state index in [1.165, 1.54) is 6.07 Å². The van der Waals surface area contributed by atoms with Crippen molar-refractivity contribution in [2.24, 2.45) is 0 Å². The van der Waals surface area contributed by atoms with Crippen LogP contribution in [0.3, 0.4) is 0 Å². The fourth-order valence-electron chi connectivity index (χ4n) is 2.74. The molecule has 124 valence electrons. The van der Waals surface area contributed by atoms with E-state index in [4.69, 9.17) is 9.84 Å². The van der Waals surface area contributed by atoms with Gasteiger partial charge >= 0.3 is 0 Å². The molecule has 0 aliphatic rings. The summed E-state index contributed by atoms with van der Waals surface area (Å²) in [5, 5.41) is 38.9. The van der Waals surface area contributed by atoms with Crippen molar-refractivity contribution in [1.29, 1.82) is 0 Å². The SMILES string of the molecule is CCc1c(O)cc(O)c(-c2cccc(O)c2)c1CCOCCO. The number of benzene rings is 2. The molecule has 0 saturated carbocycles. The topological polar surface area (TPSA) is 90.2 Å². The normalized spacial score (nSPS) is 10.9. The van der Waals surface area contributed by atoms with Gasteiger partial charge in [-0.3, -0.25) is 0 Å². The average Bonchev–Trinajstić information content (AvgIpc) is 2.51. The van der Waals surface area contributed by atoms with E-state index >= 15 is 0 Å². The standard InChI is InChI=1S/C18H22O5/c1-2-14-15(6-8-23-9-7-19)18(17(22)11-16(14)21)12-4-3-5-13(20)10-12/h3-5,10-11,19-22H,2,6-9H2,1H3. The number of aromatic hydroxyl groups is 3. The Balaban J connectivity index is 2.50. The zero-order valence-corrected chi connectivity index (χ0v) is 13.1. The maximum absolute atomic E-state index is 10.3. The molecule has 23 heavy (non-hydrogen) atoms. The zero-order chi connectivity index (χ0) is 16.8. The minimum atomic E-state index is -0.0503. The van der Waals surface area contributed by atoms with E-state index in [0.29, 0.717) is 30.6 Å². The number of hydrogen-bond acceptors (Lipinski definition) is 5. The largest absolute Gasteiger partial charge is 0.508 e. The molecule has 2 rings (SSSR count). The molecule has 0 aliphatic carbocycles. The van der Waals surface area contributed by atoms with Gasteiger partial charge in [-0.1, -0.05) is 19.1 Å². The number of phenolic OH excluding ortho intramolecular Hbond substituents is 3. The maximum atomic E-state index is 10.3. The van der Waals surface area contributed by atoms with E-state index in [9.17, 15) is 15.3 Å². The summed E-state index contributed by atoms with van der Waals surface area (Å²) in [5.74, 6) is 0.115. The van der Waals surface area contributed by atoms with E-state index in [2.05, 4.69) is 0 Å². The molecule has 0 aromatic heterocycles. The highest BCUT2D eigenvalue weighted by Crippen LogP contribution is 2.40. The van der Waals surface area contributed by atoms with E-state index in [1.54, 1.807) is 24.3 Å². The minimum absolute atomic E-state index is 0.0394. The summed E-state index contributed by atoms with van der Waals surface area (Å²) in [4.78, 5) is 0. The summed E-state index contributed by atoms with van der Waals surface area (Å²) < 4.78 is 5.32. The van der Waals surface area contributed by atoms with Crippen LogP contribution in [-0.2, 0) is 17.6 Å². The quantitative estimate of drug-likeness (QED) is 0.589. The van der Waals surface area contributed by atoms with Crippen LogP contribution in [0.25, 0.3) is 11.1 Å². The van der Waals surface area contributed by atoms with Crippen LogP contribution in [0.5, 0.6) is 17.2 Å². The lowest BCUT2D eigenvalue weighted by Gasteiger charge is -2.18. The van der Waals surface area contributed by atoms with Gasteiger partial charge in [-0.15, -0.1) is 0 Å². The molecule has 2 aromatic carbocycles. The lowest BCUT2D eigenvalue weighted by molar-refractivity contribution is 0.0943.